The molecular weight excluding hydrogens is 234 g/mol. The lowest BCUT2D eigenvalue weighted by molar-refractivity contribution is 0.333. The fourth-order valence-corrected chi connectivity index (χ4v) is 2.05. The molecule has 0 aliphatic rings. The number of nitrogens with zero attached hydrogens (tertiary/aromatic N) is 2. The van der Waals surface area contributed by atoms with Gasteiger partial charge in [0.15, 0.2) is 5.82 Å². The van der Waals surface area contributed by atoms with Gasteiger partial charge >= 0.3 is 0 Å². The third-order valence-electron chi connectivity index (χ3n) is 2.16. The molecule has 1 aromatic rings. The topological polar surface area (TPSA) is 64.9 Å². The Morgan fingerprint density at radius 1 is 1.35 bits per heavy atom. The smallest absolute Gasteiger partial charge is 0.243 e. The highest BCUT2D eigenvalue weighted by molar-refractivity contribution is 7.99. The van der Waals surface area contributed by atoms with E-state index < -0.39 is 0 Å². The second-order valence-corrected chi connectivity index (χ2v) is 7.49. The van der Waals surface area contributed by atoms with Crippen molar-refractivity contribution in [3.8, 4) is 0 Å². The van der Waals surface area contributed by atoms with Crippen LogP contribution in [0.1, 0.15) is 58.8 Å². The number of rotatable bonds is 5. The summed E-state index contributed by atoms with van der Waals surface area (Å²) in [6.45, 7) is 10.8. The Morgan fingerprint density at radius 3 is 2.53 bits per heavy atom. The van der Waals surface area contributed by atoms with Crippen LogP contribution in [-0.4, -0.2) is 14.9 Å². The van der Waals surface area contributed by atoms with E-state index in [1.807, 2.05) is 0 Å². The SMILES string of the molecule is CC(C)C[C@@H](N)c1nc(CSC(C)(C)C)no1. The number of hydrogen-bond acceptors (Lipinski definition) is 5. The molecule has 0 aliphatic heterocycles. The van der Waals surface area contributed by atoms with Gasteiger partial charge in [-0.05, 0) is 12.3 Å². The summed E-state index contributed by atoms with van der Waals surface area (Å²) in [7, 11) is 0. The quantitative estimate of drug-likeness (QED) is 0.877. The summed E-state index contributed by atoms with van der Waals surface area (Å²) >= 11 is 1.80. The molecule has 1 rings (SSSR count). The van der Waals surface area contributed by atoms with Crippen LogP contribution < -0.4 is 5.73 Å². The van der Waals surface area contributed by atoms with Gasteiger partial charge in [-0.15, -0.1) is 11.8 Å². The van der Waals surface area contributed by atoms with Crippen LogP contribution in [-0.2, 0) is 5.75 Å². The van der Waals surface area contributed by atoms with Crippen LogP contribution in [0.3, 0.4) is 0 Å². The standard InChI is InChI=1S/C12H23N3OS/c1-8(2)6-9(13)11-14-10(15-16-11)7-17-12(3,4)5/h8-9H,6-7,13H2,1-5H3/t9-/m1/s1. The lowest BCUT2D eigenvalue weighted by atomic mass is 10.0. The minimum absolute atomic E-state index is 0.143. The lowest BCUT2D eigenvalue weighted by Crippen LogP contribution is -2.13. The Hall–Kier alpha value is -0.550. The van der Waals surface area contributed by atoms with Gasteiger partial charge in [-0.3, -0.25) is 0 Å². The minimum atomic E-state index is -0.143. The van der Waals surface area contributed by atoms with E-state index in [0.717, 1.165) is 18.0 Å². The normalized spacial score (nSPS) is 14.3. The van der Waals surface area contributed by atoms with Crippen molar-refractivity contribution in [3.63, 3.8) is 0 Å². The molecule has 4 nitrogen and oxygen atoms in total. The molecule has 0 saturated heterocycles. The van der Waals surface area contributed by atoms with Gasteiger partial charge in [0.25, 0.3) is 0 Å². The molecule has 0 aliphatic carbocycles. The zero-order valence-corrected chi connectivity index (χ0v) is 12.2. The van der Waals surface area contributed by atoms with Crippen molar-refractivity contribution in [3.05, 3.63) is 11.7 Å². The van der Waals surface area contributed by atoms with E-state index in [9.17, 15) is 0 Å². The molecule has 5 heteroatoms. The monoisotopic (exact) mass is 257 g/mol. The first kappa shape index (κ1) is 14.5. The zero-order chi connectivity index (χ0) is 13.1. The Bertz CT molecular complexity index is 344. The van der Waals surface area contributed by atoms with Crippen LogP contribution >= 0.6 is 11.8 Å². The van der Waals surface area contributed by atoms with E-state index >= 15 is 0 Å². The van der Waals surface area contributed by atoms with Crippen LogP contribution in [0.25, 0.3) is 0 Å². The molecule has 0 fully saturated rings. The fourth-order valence-electron chi connectivity index (χ4n) is 1.37. The molecule has 1 aromatic heterocycles. The highest BCUT2D eigenvalue weighted by Crippen LogP contribution is 2.26. The van der Waals surface area contributed by atoms with E-state index in [0.29, 0.717) is 11.8 Å². The molecule has 0 amide bonds. The molecule has 0 aromatic carbocycles. The summed E-state index contributed by atoms with van der Waals surface area (Å²) in [5, 5.41) is 3.96. The highest BCUT2D eigenvalue weighted by atomic mass is 32.2. The summed E-state index contributed by atoms with van der Waals surface area (Å²) < 4.78 is 5.40. The lowest BCUT2D eigenvalue weighted by Gasteiger charge is -2.15. The van der Waals surface area contributed by atoms with Crippen molar-refractivity contribution in [1.29, 1.82) is 0 Å². The number of aromatic nitrogens is 2. The molecule has 1 heterocycles. The van der Waals surface area contributed by atoms with Crippen molar-refractivity contribution < 1.29 is 4.52 Å². The summed E-state index contributed by atoms with van der Waals surface area (Å²) in [6, 6.07) is -0.143. The summed E-state index contributed by atoms with van der Waals surface area (Å²) in [4.78, 5) is 4.34. The summed E-state index contributed by atoms with van der Waals surface area (Å²) in [5.74, 6) is 2.59. The van der Waals surface area contributed by atoms with Gasteiger partial charge in [-0.25, -0.2) is 0 Å². The van der Waals surface area contributed by atoms with Crippen LogP contribution in [0, 0.1) is 5.92 Å². The molecule has 0 bridgehead atoms. The van der Waals surface area contributed by atoms with E-state index in [1.165, 1.54) is 0 Å². The minimum Gasteiger partial charge on any atom is -0.338 e. The first-order valence-electron chi connectivity index (χ1n) is 6.00. The molecule has 1 atom stereocenters. The fraction of sp³-hybridized carbons (Fsp3) is 0.833. The van der Waals surface area contributed by atoms with Gasteiger partial charge in [0.2, 0.25) is 5.89 Å². The number of thioether (sulfide) groups is 1. The third kappa shape index (κ3) is 5.55. The Balaban J connectivity index is 2.53. The molecule has 0 unspecified atom stereocenters. The van der Waals surface area contributed by atoms with Crippen molar-refractivity contribution in [2.75, 3.05) is 0 Å². The second-order valence-electron chi connectivity index (χ2n) is 5.69. The molecule has 0 spiro atoms. The predicted molar refractivity (Wildman–Crippen MR) is 71.7 cm³/mol. The maximum atomic E-state index is 5.99. The van der Waals surface area contributed by atoms with E-state index in [1.54, 1.807) is 11.8 Å². The van der Waals surface area contributed by atoms with Crippen molar-refractivity contribution in [2.24, 2.45) is 11.7 Å². The summed E-state index contributed by atoms with van der Waals surface area (Å²) in [6.07, 6.45) is 0.869. The number of nitrogens with two attached hydrogens (primary N) is 1. The second kappa shape index (κ2) is 5.87. The number of hydrogen-bond donors (Lipinski definition) is 1. The van der Waals surface area contributed by atoms with Crippen molar-refractivity contribution in [1.82, 2.24) is 10.1 Å². The molecule has 2 N–H and O–H groups in total. The van der Waals surface area contributed by atoms with Gasteiger partial charge in [0, 0.05) is 4.75 Å². The van der Waals surface area contributed by atoms with Gasteiger partial charge in [0.1, 0.15) is 0 Å². The molecule has 17 heavy (non-hydrogen) atoms. The van der Waals surface area contributed by atoms with Gasteiger partial charge in [0.05, 0.1) is 11.8 Å². The summed E-state index contributed by atoms with van der Waals surface area (Å²) in [5.41, 5.74) is 5.99. The first-order chi connectivity index (χ1) is 7.78. The molecular formula is C12H23N3OS. The van der Waals surface area contributed by atoms with Crippen LogP contribution in [0.2, 0.25) is 0 Å². The Kier molecular flexibility index (Phi) is 5.01. The van der Waals surface area contributed by atoms with Crippen LogP contribution in [0.5, 0.6) is 0 Å². The Morgan fingerprint density at radius 2 is 2.00 bits per heavy atom. The maximum Gasteiger partial charge on any atom is 0.243 e. The third-order valence-corrected chi connectivity index (χ3v) is 3.43. The van der Waals surface area contributed by atoms with E-state index in [4.69, 9.17) is 10.3 Å². The van der Waals surface area contributed by atoms with Gasteiger partial charge < -0.3 is 10.3 Å². The average molecular weight is 257 g/mol. The largest absolute Gasteiger partial charge is 0.338 e. The zero-order valence-electron chi connectivity index (χ0n) is 11.4. The van der Waals surface area contributed by atoms with Crippen LogP contribution in [0.15, 0.2) is 4.52 Å². The molecule has 98 valence electrons. The van der Waals surface area contributed by atoms with Crippen molar-refractivity contribution >= 4 is 11.8 Å². The molecule has 0 radical (unpaired) electrons. The van der Waals surface area contributed by atoms with E-state index in [-0.39, 0.29) is 10.8 Å². The van der Waals surface area contributed by atoms with Crippen LogP contribution in [0.4, 0.5) is 0 Å². The first-order valence-corrected chi connectivity index (χ1v) is 6.98. The van der Waals surface area contributed by atoms with E-state index in [2.05, 4.69) is 44.8 Å². The van der Waals surface area contributed by atoms with Gasteiger partial charge in [-0.1, -0.05) is 39.8 Å². The molecule has 0 saturated carbocycles. The predicted octanol–water partition coefficient (Wildman–Crippen LogP) is 3.15. The Labute approximate surface area is 108 Å². The highest BCUT2D eigenvalue weighted by Gasteiger charge is 2.18. The average Bonchev–Trinajstić information content (AvgIpc) is 2.60. The van der Waals surface area contributed by atoms with Crippen molar-refractivity contribution in [2.45, 2.75) is 57.6 Å². The van der Waals surface area contributed by atoms with Gasteiger partial charge in [-0.2, -0.15) is 4.98 Å². The maximum absolute atomic E-state index is 5.99.